The third-order valence-corrected chi connectivity index (χ3v) is 6.31. The second-order valence-electron chi connectivity index (χ2n) is 5.17. The van der Waals surface area contributed by atoms with E-state index in [0.717, 1.165) is 31.9 Å². The molecule has 1 fully saturated rings. The minimum absolute atomic E-state index is 0.257. The van der Waals surface area contributed by atoms with Crippen molar-refractivity contribution in [1.29, 1.82) is 0 Å². The van der Waals surface area contributed by atoms with Crippen molar-refractivity contribution in [2.24, 2.45) is 0 Å². The number of epoxide rings is 1. The Balaban J connectivity index is 2.08. The maximum atomic E-state index is 5.77. The van der Waals surface area contributed by atoms with Gasteiger partial charge < -0.3 is 22.8 Å². The molecule has 1 unspecified atom stereocenters. The Bertz CT molecular complexity index is 232. The van der Waals surface area contributed by atoms with Crippen LogP contribution in [0.4, 0.5) is 0 Å². The van der Waals surface area contributed by atoms with E-state index in [9.17, 15) is 0 Å². The first-order valence-electron chi connectivity index (χ1n) is 7.70. The molecule has 0 N–H and O–H groups in total. The molecule has 6 heteroatoms. The number of hydrogen-bond donors (Lipinski definition) is 0. The average molecular weight is 306 g/mol. The molecule has 0 aliphatic carbocycles. The highest BCUT2D eigenvalue weighted by Gasteiger charge is 2.38. The highest BCUT2D eigenvalue weighted by Crippen LogP contribution is 2.19. The largest absolute Gasteiger partial charge is 0.502 e. The van der Waals surface area contributed by atoms with Gasteiger partial charge in [-0.25, -0.2) is 0 Å². The minimum atomic E-state index is -2.51. The van der Waals surface area contributed by atoms with E-state index in [2.05, 4.69) is 6.92 Å². The number of hydrogen-bond acceptors (Lipinski definition) is 5. The Kier molecular flexibility index (Phi) is 9.67. The molecule has 1 aliphatic rings. The number of unbranched alkanes of at least 4 members (excludes halogenated alkanes) is 3. The van der Waals surface area contributed by atoms with Gasteiger partial charge in [0.25, 0.3) is 0 Å². The van der Waals surface area contributed by atoms with Gasteiger partial charge in [-0.15, -0.1) is 0 Å². The molecular weight excluding hydrogens is 276 g/mol. The van der Waals surface area contributed by atoms with Crippen LogP contribution in [0.5, 0.6) is 0 Å². The molecule has 1 heterocycles. The Morgan fingerprint density at radius 1 is 1.10 bits per heavy atom. The maximum absolute atomic E-state index is 5.77. The molecule has 0 amide bonds. The van der Waals surface area contributed by atoms with E-state index in [1.54, 1.807) is 14.2 Å². The zero-order valence-electron chi connectivity index (χ0n) is 13.2. The third kappa shape index (κ3) is 7.71. The summed E-state index contributed by atoms with van der Waals surface area (Å²) in [7, 11) is 0.820. The summed E-state index contributed by atoms with van der Waals surface area (Å²) in [6, 6.07) is 0.860. The van der Waals surface area contributed by atoms with Gasteiger partial charge in [0.05, 0.1) is 12.7 Å². The Labute approximate surface area is 124 Å². The molecule has 0 radical (unpaired) electrons. The van der Waals surface area contributed by atoms with Crippen LogP contribution < -0.4 is 0 Å². The zero-order chi connectivity index (χ0) is 14.7. The van der Waals surface area contributed by atoms with Crippen molar-refractivity contribution in [3.8, 4) is 0 Å². The predicted molar refractivity (Wildman–Crippen MR) is 79.6 cm³/mol. The molecule has 20 heavy (non-hydrogen) atoms. The lowest BCUT2D eigenvalue weighted by Crippen LogP contribution is -2.44. The Morgan fingerprint density at radius 2 is 1.85 bits per heavy atom. The van der Waals surface area contributed by atoms with Gasteiger partial charge in [0.1, 0.15) is 6.79 Å². The van der Waals surface area contributed by atoms with Crippen molar-refractivity contribution >= 4 is 8.80 Å². The summed E-state index contributed by atoms with van der Waals surface area (Å²) in [4.78, 5) is 0. The van der Waals surface area contributed by atoms with Crippen LogP contribution in [-0.2, 0) is 22.8 Å². The van der Waals surface area contributed by atoms with Gasteiger partial charge in [-0.05, 0) is 19.3 Å². The zero-order valence-corrected chi connectivity index (χ0v) is 14.2. The van der Waals surface area contributed by atoms with Crippen LogP contribution in [0.1, 0.15) is 45.4 Å². The molecule has 0 saturated carbocycles. The molecule has 0 bridgehead atoms. The third-order valence-electron chi connectivity index (χ3n) is 3.54. The molecule has 0 spiro atoms. The summed E-state index contributed by atoms with van der Waals surface area (Å²) in [5.41, 5.74) is 0. The second kappa shape index (κ2) is 10.7. The van der Waals surface area contributed by atoms with E-state index >= 15 is 0 Å². The molecule has 1 rings (SSSR count). The topological polar surface area (TPSA) is 49.5 Å². The van der Waals surface area contributed by atoms with Gasteiger partial charge in [-0.2, -0.15) is 0 Å². The van der Waals surface area contributed by atoms with Crippen LogP contribution in [0.2, 0.25) is 6.04 Å². The van der Waals surface area contributed by atoms with Crippen LogP contribution in [0.3, 0.4) is 0 Å². The summed E-state index contributed by atoms with van der Waals surface area (Å²) in [6.45, 7) is 4.08. The summed E-state index contributed by atoms with van der Waals surface area (Å²) < 4.78 is 27.4. The Hall–Kier alpha value is 0.0169. The van der Waals surface area contributed by atoms with Crippen molar-refractivity contribution in [3.63, 3.8) is 0 Å². The second-order valence-corrected chi connectivity index (χ2v) is 8.14. The van der Waals surface area contributed by atoms with Gasteiger partial charge >= 0.3 is 8.80 Å². The Morgan fingerprint density at radius 3 is 2.45 bits per heavy atom. The molecule has 120 valence electrons. The van der Waals surface area contributed by atoms with Gasteiger partial charge in [0, 0.05) is 26.9 Å². The van der Waals surface area contributed by atoms with Crippen LogP contribution in [0.15, 0.2) is 0 Å². The fourth-order valence-corrected chi connectivity index (χ4v) is 3.98. The van der Waals surface area contributed by atoms with Gasteiger partial charge in [-0.1, -0.05) is 26.2 Å². The maximum Gasteiger partial charge on any atom is 0.502 e. The van der Waals surface area contributed by atoms with Crippen molar-refractivity contribution in [2.75, 3.05) is 34.2 Å². The van der Waals surface area contributed by atoms with Gasteiger partial charge in [-0.3, -0.25) is 0 Å². The fourth-order valence-electron chi connectivity index (χ4n) is 2.08. The van der Waals surface area contributed by atoms with E-state index < -0.39 is 8.80 Å². The normalized spacial score (nSPS) is 18.4. The van der Waals surface area contributed by atoms with E-state index in [1.165, 1.54) is 19.3 Å². The van der Waals surface area contributed by atoms with E-state index in [-0.39, 0.29) is 6.79 Å². The molecule has 1 atom stereocenters. The first kappa shape index (κ1) is 18.1. The molecule has 1 saturated heterocycles. The lowest BCUT2D eigenvalue weighted by atomic mass is 10.2. The first-order chi connectivity index (χ1) is 9.76. The fraction of sp³-hybridized carbons (Fsp3) is 1.00. The van der Waals surface area contributed by atoms with Crippen molar-refractivity contribution in [2.45, 2.75) is 57.6 Å². The van der Waals surface area contributed by atoms with Crippen LogP contribution in [-0.4, -0.2) is 49.1 Å². The highest BCUT2D eigenvalue weighted by atomic mass is 28.4. The summed E-state index contributed by atoms with van der Waals surface area (Å²) in [6.07, 6.45) is 7.32. The summed E-state index contributed by atoms with van der Waals surface area (Å²) in [5, 5.41) is 0. The highest BCUT2D eigenvalue weighted by molar-refractivity contribution is 6.60. The SMILES string of the molecule is CCCCCC[Si](OC)(OC)OCOCCCC1CO1. The van der Waals surface area contributed by atoms with Crippen molar-refractivity contribution in [1.82, 2.24) is 0 Å². The monoisotopic (exact) mass is 306 g/mol. The summed E-state index contributed by atoms with van der Waals surface area (Å²) in [5.74, 6) is 0. The van der Waals surface area contributed by atoms with E-state index in [0.29, 0.717) is 12.7 Å². The minimum Gasteiger partial charge on any atom is -0.377 e. The standard InChI is InChI=1S/C14H30O5Si/c1-4-5-6-7-11-20(15-2,16-3)19-13-17-10-8-9-14-12-18-14/h14H,4-13H2,1-3H3. The van der Waals surface area contributed by atoms with Crippen molar-refractivity contribution in [3.05, 3.63) is 0 Å². The molecule has 0 aromatic carbocycles. The van der Waals surface area contributed by atoms with Gasteiger partial charge in [0.2, 0.25) is 0 Å². The van der Waals surface area contributed by atoms with E-state index in [1.807, 2.05) is 0 Å². The smallest absolute Gasteiger partial charge is 0.377 e. The quantitative estimate of drug-likeness (QED) is 0.214. The predicted octanol–water partition coefficient (Wildman–Crippen LogP) is 2.97. The summed E-state index contributed by atoms with van der Waals surface area (Å²) >= 11 is 0. The lowest BCUT2D eigenvalue weighted by molar-refractivity contribution is -0.0342. The molecule has 0 aromatic rings. The van der Waals surface area contributed by atoms with Crippen LogP contribution in [0.25, 0.3) is 0 Å². The van der Waals surface area contributed by atoms with Crippen LogP contribution >= 0.6 is 0 Å². The van der Waals surface area contributed by atoms with Crippen molar-refractivity contribution < 1.29 is 22.8 Å². The van der Waals surface area contributed by atoms with Crippen LogP contribution in [0, 0.1) is 0 Å². The lowest BCUT2D eigenvalue weighted by Gasteiger charge is -2.26. The molecular formula is C14H30O5Si. The first-order valence-corrected chi connectivity index (χ1v) is 9.63. The van der Waals surface area contributed by atoms with Gasteiger partial charge in [0.15, 0.2) is 0 Å². The average Bonchev–Trinajstić information content (AvgIpc) is 3.29. The molecule has 5 nitrogen and oxygen atoms in total. The molecule has 1 aliphatic heterocycles. The number of ether oxygens (including phenoxy) is 2. The number of rotatable bonds is 14. The van der Waals surface area contributed by atoms with E-state index in [4.69, 9.17) is 22.8 Å². The molecule has 0 aromatic heterocycles.